The lowest BCUT2D eigenvalue weighted by atomic mass is 10.2. The van der Waals surface area contributed by atoms with Crippen LogP contribution in [-0.2, 0) is 6.54 Å². The summed E-state index contributed by atoms with van der Waals surface area (Å²) in [7, 11) is 0. The Morgan fingerprint density at radius 1 is 1.26 bits per heavy atom. The van der Waals surface area contributed by atoms with E-state index in [1.54, 1.807) is 24.3 Å². The molecular weight excluding hydrogens is 261 g/mol. The molecule has 1 aromatic heterocycles. The zero-order valence-electron chi connectivity index (χ0n) is 9.81. The highest BCUT2D eigenvalue weighted by molar-refractivity contribution is 5.76. The molecule has 0 aliphatic heterocycles. The lowest BCUT2D eigenvalue weighted by Crippen LogP contribution is -2.34. The molecule has 2 rings (SSSR count). The van der Waals surface area contributed by atoms with E-state index in [0.717, 1.165) is 4.68 Å². The Hall–Kier alpha value is -1.96. The Labute approximate surface area is 106 Å². The van der Waals surface area contributed by atoms with E-state index in [9.17, 15) is 18.0 Å². The number of nitrogens with zero attached hydrogens (tertiary/aromatic N) is 3. The van der Waals surface area contributed by atoms with Gasteiger partial charge in [0.2, 0.25) is 0 Å². The number of rotatable bonds is 4. The third kappa shape index (κ3) is 3.50. The van der Waals surface area contributed by atoms with E-state index in [1.165, 1.54) is 0 Å². The largest absolute Gasteiger partial charge is 0.401 e. The maximum Gasteiger partial charge on any atom is 0.401 e. The molecule has 8 heteroatoms. The van der Waals surface area contributed by atoms with E-state index in [1.807, 2.05) is 0 Å². The standard InChI is InChI=1S/C11H11F3N4O/c12-11(13,14)7-15-5-6-18-10(19)8-3-1-2-4-9(8)16-17-18/h1-4,15H,5-7H2. The summed E-state index contributed by atoms with van der Waals surface area (Å²) >= 11 is 0. The summed E-state index contributed by atoms with van der Waals surface area (Å²) < 4.78 is 36.8. The molecule has 0 amide bonds. The van der Waals surface area contributed by atoms with Crippen LogP contribution < -0.4 is 10.9 Å². The topological polar surface area (TPSA) is 59.8 Å². The van der Waals surface area contributed by atoms with E-state index in [-0.39, 0.29) is 18.6 Å². The fourth-order valence-electron chi connectivity index (χ4n) is 1.58. The van der Waals surface area contributed by atoms with E-state index in [4.69, 9.17) is 0 Å². The van der Waals surface area contributed by atoms with Gasteiger partial charge in [0.05, 0.1) is 18.5 Å². The smallest absolute Gasteiger partial charge is 0.307 e. The molecule has 19 heavy (non-hydrogen) atoms. The van der Waals surface area contributed by atoms with Crippen LogP contribution in [0, 0.1) is 0 Å². The maximum atomic E-state index is 11.9. The van der Waals surface area contributed by atoms with Gasteiger partial charge in [0, 0.05) is 6.54 Å². The number of alkyl halides is 3. The molecule has 102 valence electrons. The number of halogens is 3. The van der Waals surface area contributed by atoms with Crippen molar-refractivity contribution in [2.24, 2.45) is 0 Å². The Morgan fingerprint density at radius 3 is 2.74 bits per heavy atom. The molecule has 0 bridgehead atoms. The molecule has 1 heterocycles. The van der Waals surface area contributed by atoms with E-state index < -0.39 is 12.7 Å². The van der Waals surface area contributed by atoms with Gasteiger partial charge in [-0.05, 0) is 12.1 Å². The number of fused-ring (bicyclic) bond motifs is 1. The molecule has 0 radical (unpaired) electrons. The van der Waals surface area contributed by atoms with Gasteiger partial charge in [0.25, 0.3) is 5.56 Å². The van der Waals surface area contributed by atoms with Gasteiger partial charge in [-0.2, -0.15) is 13.2 Å². The van der Waals surface area contributed by atoms with Gasteiger partial charge in [-0.3, -0.25) is 4.79 Å². The summed E-state index contributed by atoms with van der Waals surface area (Å²) in [5, 5.41) is 10.1. The molecule has 0 fully saturated rings. The molecule has 0 saturated heterocycles. The first-order valence-corrected chi connectivity index (χ1v) is 5.57. The molecule has 2 aromatic rings. The SMILES string of the molecule is O=c1c2ccccc2nnn1CCNCC(F)(F)F. The second-order valence-corrected chi connectivity index (χ2v) is 3.93. The molecule has 0 saturated carbocycles. The number of hydrogen-bond acceptors (Lipinski definition) is 4. The number of hydrogen-bond donors (Lipinski definition) is 1. The highest BCUT2D eigenvalue weighted by atomic mass is 19.4. The van der Waals surface area contributed by atoms with E-state index >= 15 is 0 Å². The van der Waals surface area contributed by atoms with Gasteiger partial charge in [0.15, 0.2) is 0 Å². The van der Waals surface area contributed by atoms with Crippen LogP contribution in [0.5, 0.6) is 0 Å². The zero-order valence-corrected chi connectivity index (χ0v) is 9.81. The van der Waals surface area contributed by atoms with Crippen LogP contribution in [0.15, 0.2) is 29.1 Å². The number of benzene rings is 1. The second-order valence-electron chi connectivity index (χ2n) is 3.93. The molecule has 1 aromatic carbocycles. The van der Waals surface area contributed by atoms with Crippen LogP contribution in [0.2, 0.25) is 0 Å². The minimum absolute atomic E-state index is 0.00750. The Bertz CT molecular complexity index is 623. The Kier molecular flexibility index (Phi) is 3.79. The third-order valence-corrected chi connectivity index (χ3v) is 2.46. The van der Waals surface area contributed by atoms with Crippen LogP contribution in [0.3, 0.4) is 0 Å². The monoisotopic (exact) mass is 272 g/mol. The maximum absolute atomic E-state index is 11.9. The van der Waals surface area contributed by atoms with Crippen molar-refractivity contribution in [2.45, 2.75) is 12.7 Å². The van der Waals surface area contributed by atoms with Crippen molar-refractivity contribution in [3.8, 4) is 0 Å². The van der Waals surface area contributed by atoms with Gasteiger partial charge < -0.3 is 5.32 Å². The Balaban J connectivity index is 2.06. The van der Waals surface area contributed by atoms with Gasteiger partial charge >= 0.3 is 6.18 Å². The molecule has 5 nitrogen and oxygen atoms in total. The highest BCUT2D eigenvalue weighted by Gasteiger charge is 2.25. The molecule has 0 atom stereocenters. The van der Waals surface area contributed by atoms with Crippen molar-refractivity contribution in [1.29, 1.82) is 0 Å². The molecule has 0 unspecified atom stereocenters. The lowest BCUT2D eigenvalue weighted by molar-refractivity contribution is -0.124. The zero-order chi connectivity index (χ0) is 13.9. The van der Waals surface area contributed by atoms with Crippen molar-refractivity contribution in [2.75, 3.05) is 13.1 Å². The van der Waals surface area contributed by atoms with E-state index in [0.29, 0.717) is 10.9 Å². The predicted molar refractivity (Wildman–Crippen MR) is 62.7 cm³/mol. The van der Waals surface area contributed by atoms with Gasteiger partial charge in [-0.25, -0.2) is 4.68 Å². The summed E-state index contributed by atoms with van der Waals surface area (Å²) in [4.78, 5) is 11.9. The minimum Gasteiger partial charge on any atom is -0.307 e. The average molecular weight is 272 g/mol. The lowest BCUT2D eigenvalue weighted by Gasteiger charge is -2.08. The molecule has 0 spiro atoms. The second kappa shape index (κ2) is 5.35. The van der Waals surface area contributed by atoms with Crippen molar-refractivity contribution in [1.82, 2.24) is 20.3 Å². The summed E-state index contributed by atoms with van der Waals surface area (Å²) in [6.45, 7) is -1.07. The van der Waals surface area contributed by atoms with Crippen molar-refractivity contribution in [3.63, 3.8) is 0 Å². The van der Waals surface area contributed by atoms with Gasteiger partial charge in [0.1, 0.15) is 5.52 Å². The number of aromatic nitrogens is 3. The fraction of sp³-hybridized carbons (Fsp3) is 0.364. The summed E-state index contributed by atoms with van der Waals surface area (Å²) in [5.41, 5.74) is 0.103. The highest BCUT2D eigenvalue weighted by Crippen LogP contribution is 2.11. The Morgan fingerprint density at radius 2 is 2.00 bits per heavy atom. The first-order valence-electron chi connectivity index (χ1n) is 5.57. The quantitative estimate of drug-likeness (QED) is 0.842. The van der Waals surface area contributed by atoms with Crippen molar-refractivity contribution < 1.29 is 13.2 Å². The fourth-order valence-corrected chi connectivity index (χ4v) is 1.58. The normalized spacial score (nSPS) is 11.9. The van der Waals surface area contributed by atoms with Crippen molar-refractivity contribution >= 4 is 10.9 Å². The predicted octanol–water partition coefficient (Wildman–Crippen LogP) is 0.943. The molecular formula is C11H11F3N4O. The minimum atomic E-state index is -4.26. The average Bonchev–Trinajstić information content (AvgIpc) is 2.36. The molecule has 0 aliphatic rings. The van der Waals surface area contributed by atoms with Crippen LogP contribution in [-0.4, -0.2) is 34.3 Å². The number of nitrogens with one attached hydrogen (secondary N) is 1. The third-order valence-electron chi connectivity index (χ3n) is 2.46. The first-order chi connectivity index (χ1) is 8.97. The molecule has 1 N–H and O–H groups in total. The summed E-state index contributed by atoms with van der Waals surface area (Å²) in [6.07, 6.45) is -4.26. The first kappa shape index (κ1) is 13.5. The van der Waals surface area contributed by atoms with Gasteiger partial charge in [-0.1, -0.05) is 17.3 Å². The van der Waals surface area contributed by atoms with Crippen LogP contribution in [0.4, 0.5) is 13.2 Å². The van der Waals surface area contributed by atoms with Crippen LogP contribution in [0.1, 0.15) is 0 Å². The van der Waals surface area contributed by atoms with E-state index in [2.05, 4.69) is 15.6 Å². The van der Waals surface area contributed by atoms with Crippen molar-refractivity contribution in [3.05, 3.63) is 34.6 Å². The summed E-state index contributed by atoms with van der Waals surface area (Å²) in [6, 6.07) is 6.67. The summed E-state index contributed by atoms with van der Waals surface area (Å²) in [5.74, 6) is 0. The van der Waals surface area contributed by atoms with Crippen LogP contribution >= 0.6 is 0 Å². The van der Waals surface area contributed by atoms with Gasteiger partial charge in [-0.15, -0.1) is 5.10 Å². The van der Waals surface area contributed by atoms with Crippen LogP contribution in [0.25, 0.3) is 10.9 Å². The molecule has 0 aliphatic carbocycles.